The van der Waals surface area contributed by atoms with Gasteiger partial charge in [-0.2, -0.15) is 0 Å². The van der Waals surface area contributed by atoms with Crippen LogP contribution in [0.5, 0.6) is 0 Å². The second-order valence-corrected chi connectivity index (χ2v) is 9.66. The molecule has 1 atom stereocenters. The van der Waals surface area contributed by atoms with E-state index in [1.165, 1.54) is 64.2 Å². The smallest absolute Gasteiger partial charge is 0.237 e. The van der Waals surface area contributed by atoms with Gasteiger partial charge in [-0.1, -0.05) is 88.5 Å². The van der Waals surface area contributed by atoms with Crippen LogP contribution < -0.4 is 16.4 Å². The van der Waals surface area contributed by atoms with Crippen molar-refractivity contribution in [1.29, 1.82) is 0 Å². The lowest BCUT2D eigenvalue weighted by Crippen LogP contribution is -2.50. The lowest BCUT2D eigenvalue weighted by atomic mass is 9.66. The van der Waals surface area contributed by atoms with Gasteiger partial charge >= 0.3 is 0 Å². The monoisotopic (exact) mass is 434 g/mol. The molecule has 1 amide bonds. The van der Waals surface area contributed by atoms with Crippen LogP contribution in [-0.4, -0.2) is 16.9 Å². The van der Waals surface area contributed by atoms with E-state index in [4.69, 9.17) is 5.73 Å². The maximum Gasteiger partial charge on any atom is 0.237 e. The highest BCUT2D eigenvalue weighted by Crippen LogP contribution is 2.41. The summed E-state index contributed by atoms with van der Waals surface area (Å²) in [6, 6.07) is 13.5. The predicted molar refractivity (Wildman–Crippen MR) is 130 cm³/mol. The molecular weight excluding hydrogens is 396 g/mol. The maximum atomic E-state index is 13.1. The van der Waals surface area contributed by atoms with Gasteiger partial charge in [0.15, 0.2) is 0 Å². The van der Waals surface area contributed by atoms with Crippen LogP contribution in [0.2, 0.25) is 0 Å². The van der Waals surface area contributed by atoms with E-state index in [0.29, 0.717) is 24.3 Å². The van der Waals surface area contributed by atoms with Gasteiger partial charge in [0.05, 0.1) is 6.04 Å². The third-order valence-corrected chi connectivity index (χ3v) is 7.44. The van der Waals surface area contributed by atoms with Crippen molar-refractivity contribution in [2.24, 2.45) is 23.5 Å². The van der Waals surface area contributed by atoms with Crippen molar-refractivity contribution < 1.29 is 4.79 Å². The largest absolute Gasteiger partial charge is 0.351 e. The number of benzene rings is 1. The van der Waals surface area contributed by atoms with Crippen molar-refractivity contribution in [3.05, 3.63) is 54.2 Å². The summed E-state index contributed by atoms with van der Waals surface area (Å²) in [5.74, 6) is 2.33. The molecule has 0 unspecified atom stereocenters. The summed E-state index contributed by atoms with van der Waals surface area (Å²) in [5.41, 5.74) is 8.65. The summed E-state index contributed by atoms with van der Waals surface area (Å²) < 4.78 is 0. The fraction of sp³-hybridized carbons (Fsp3) is 0.556. The number of carbonyl (C=O) groups is 1. The fourth-order valence-corrected chi connectivity index (χ4v) is 5.76. The van der Waals surface area contributed by atoms with E-state index in [2.05, 4.69) is 15.6 Å². The van der Waals surface area contributed by atoms with E-state index in [-0.39, 0.29) is 5.91 Å². The summed E-state index contributed by atoms with van der Waals surface area (Å²) in [6.45, 7) is 0.465. The number of pyridine rings is 1. The first-order valence-corrected chi connectivity index (χ1v) is 12.5. The Bertz CT molecular complexity index is 808. The normalized spacial score (nSPS) is 18.9. The molecule has 2 aliphatic carbocycles. The van der Waals surface area contributed by atoms with Crippen LogP contribution in [0, 0.1) is 17.8 Å². The van der Waals surface area contributed by atoms with Gasteiger partial charge in [-0.05, 0) is 41.5 Å². The van der Waals surface area contributed by atoms with Gasteiger partial charge in [-0.3, -0.25) is 4.79 Å². The molecule has 5 heteroatoms. The van der Waals surface area contributed by atoms with Crippen molar-refractivity contribution in [2.45, 2.75) is 76.8 Å². The minimum absolute atomic E-state index is 0.00219. The molecule has 4 N–H and O–H groups in total. The number of amides is 1. The first-order chi connectivity index (χ1) is 15.7. The van der Waals surface area contributed by atoms with Crippen LogP contribution in [0.15, 0.2) is 48.7 Å². The van der Waals surface area contributed by atoms with Crippen LogP contribution in [0.1, 0.15) is 69.8 Å². The number of nitrogens with zero attached hydrogens (tertiary/aromatic N) is 1. The van der Waals surface area contributed by atoms with Gasteiger partial charge < -0.3 is 16.4 Å². The standard InChI is InChI=1S/C27H38N4O/c28-26(25(21-10-4-1-5-11-21)22-12-6-2-7-13-22)27(32)30-19-20-16-17-24(29-18-20)31-23-14-8-3-9-15-23/h3,8-9,14-18,21-22,25-26H,1-2,4-7,10-13,19,28H2,(H,29,31)(H,30,32)/t26-/m1/s1. The Morgan fingerprint density at radius 1 is 0.906 bits per heavy atom. The molecule has 0 spiro atoms. The fourth-order valence-electron chi connectivity index (χ4n) is 5.76. The Kier molecular flexibility index (Phi) is 8.16. The molecule has 2 aromatic rings. The number of nitrogens with two attached hydrogens (primary N) is 1. The number of hydrogen-bond acceptors (Lipinski definition) is 4. The Labute approximate surface area is 192 Å². The average Bonchev–Trinajstić information content (AvgIpc) is 2.85. The predicted octanol–water partition coefficient (Wildman–Crippen LogP) is 5.55. The summed E-state index contributed by atoms with van der Waals surface area (Å²) in [5, 5.41) is 6.39. The molecule has 4 rings (SSSR count). The molecule has 0 aliphatic heterocycles. The van der Waals surface area contributed by atoms with Crippen LogP contribution in [0.25, 0.3) is 0 Å². The molecule has 2 aliphatic rings. The van der Waals surface area contributed by atoms with Gasteiger partial charge in [0.2, 0.25) is 5.91 Å². The van der Waals surface area contributed by atoms with Crippen molar-refractivity contribution in [1.82, 2.24) is 10.3 Å². The highest BCUT2D eigenvalue weighted by atomic mass is 16.2. The summed E-state index contributed by atoms with van der Waals surface area (Å²) in [7, 11) is 0. The molecule has 5 nitrogen and oxygen atoms in total. The van der Waals surface area contributed by atoms with Gasteiger partial charge in [0.25, 0.3) is 0 Å². The van der Waals surface area contributed by atoms with Gasteiger partial charge in [-0.25, -0.2) is 4.98 Å². The Morgan fingerprint density at radius 3 is 2.09 bits per heavy atom. The van der Waals surface area contributed by atoms with E-state index in [0.717, 1.165) is 17.1 Å². The zero-order valence-corrected chi connectivity index (χ0v) is 19.1. The number of anilines is 2. The highest BCUT2D eigenvalue weighted by molar-refractivity contribution is 5.81. The average molecular weight is 435 g/mol. The van der Waals surface area contributed by atoms with Gasteiger partial charge in [-0.15, -0.1) is 0 Å². The maximum absolute atomic E-state index is 13.1. The zero-order chi connectivity index (χ0) is 22.2. The second-order valence-electron chi connectivity index (χ2n) is 9.66. The zero-order valence-electron chi connectivity index (χ0n) is 19.1. The van der Waals surface area contributed by atoms with E-state index < -0.39 is 6.04 Å². The molecule has 0 bridgehead atoms. The third-order valence-electron chi connectivity index (χ3n) is 7.44. The van der Waals surface area contributed by atoms with E-state index in [1.807, 2.05) is 48.7 Å². The topological polar surface area (TPSA) is 80.0 Å². The third kappa shape index (κ3) is 6.10. The molecule has 2 saturated carbocycles. The molecule has 0 saturated heterocycles. The molecule has 1 heterocycles. The van der Waals surface area contributed by atoms with Crippen LogP contribution in [-0.2, 0) is 11.3 Å². The summed E-state index contributed by atoms with van der Waals surface area (Å²) in [6.07, 6.45) is 14.6. The van der Waals surface area contributed by atoms with E-state index in [9.17, 15) is 4.79 Å². The number of aromatic nitrogens is 1. The second kappa shape index (κ2) is 11.5. The van der Waals surface area contributed by atoms with Gasteiger partial charge in [0.1, 0.15) is 5.82 Å². The number of para-hydroxylation sites is 1. The van der Waals surface area contributed by atoms with Crippen molar-refractivity contribution >= 4 is 17.4 Å². The molecule has 1 aromatic heterocycles. The minimum Gasteiger partial charge on any atom is -0.351 e. The Balaban J connectivity index is 1.34. The Morgan fingerprint density at radius 2 is 1.53 bits per heavy atom. The molecule has 1 aromatic carbocycles. The van der Waals surface area contributed by atoms with Crippen LogP contribution in [0.3, 0.4) is 0 Å². The number of carbonyl (C=O) groups excluding carboxylic acids is 1. The first-order valence-electron chi connectivity index (χ1n) is 12.5. The lowest BCUT2D eigenvalue weighted by molar-refractivity contribution is -0.125. The van der Waals surface area contributed by atoms with Crippen molar-refractivity contribution in [3.8, 4) is 0 Å². The molecule has 32 heavy (non-hydrogen) atoms. The van der Waals surface area contributed by atoms with E-state index in [1.54, 1.807) is 0 Å². The summed E-state index contributed by atoms with van der Waals surface area (Å²) >= 11 is 0. The summed E-state index contributed by atoms with van der Waals surface area (Å²) in [4.78, 5) is 17.6. The van der Waals surface area contributed by atoms with Gasteiger partial charge in [0, 0.05) is 18.4 Å². The van der Waals surface area contributed by atoms with Crippen LogP contribution >= 0.6 is 0 Å². The SMILES string of the molecule is N[C@@H](C(=O)NCc1ccc(Nc2ccccc2)nc1)C(C1CCCCC1)C1CCCCC1. The lowest BCUT2D eigenvalue weighted by Gasteiger charge is -2.40. The molecule has 0 radical (unpaired) electrons. The van der Waals surface area contributed by atoms with E-state index >= 15 is 0 Å². The molecule has 172 valence electrons. The minimum atomic E-state index is -0.409. The number of rotatable bonds is 8. The first kappa shape index (κ1) is 22.8. The highest BCUT2D eigenvalue weighted by Gasteiger charge is 2.38. The van der Waals surface area contributed by atoms with Crippen molar-refractivity contribution in [3.63, 3.8) is 0 Å². The van der Waals surface area contributed by atoms with Crippen molar-refractivity contribution in [2.75, 3.05) is 5.32 Å². The molecule has 2 fully saturated rings. The Hall–Kier alpha value is -2.40. The number of hydrogen-bond donors (Lipinski definition) is 3. The quantitative estimate of drug-likeness (QED) is 0.509. The van der Waals surface area contributed by atoms with Crippen LogP contribution in [0.4, 0.5) is 11.5 Å². The molecular formula is C27H38N4O. The number of nitrogens with one attached hydrogen (secondary N) is 2.